The lowest BCUT2D eigenvalue weighted by Gasteiger charge is -2.47. The lowest BCUT2D eigenvalue weighted by Crippen LogP contribution is -2.57. The first kappa shape index (κ1) is 30.2. The number of carboxylic acids is 2. The van der Waals surface area contributed by atoms with E-state index in [1.165, 1.54) is 13.2 Å². The van der Waals surface area contributed by atoms with Gasteiger partial charge in [0, 0.05) is 37.7 Å². The SMILES string of the molecule is CC(=O)N(CC(=O)O)C(C(=O)O)C1(CCN2CCC(N(C(=O)c3ccco3)c3ccc(C)cn3)CC2)CCCCC1. The number of rotatable bonds is 11. The molecule has 3 heterocycles. The maximum absolute atomic E-state index is 13.4. The Kier molecular flexibility index (Phi) is 9.80. The van der Waals surface area contributed by atoms with Crippen molar-refractivity contribution in [1.29, 1.82) is 0 Å². The molecule has 2 fully saturated rings. The van der Waals surface area contributed by atoms with Crippen LogP contribution in [-0.2, 0) is 14.4 Å². The van der Waals surface area contributed by atoms with E-state index in [0.29, 0.717) is 57.6 Å². The zero-order valence-corrected chi connectivity index (χ0v) is 23.8. The van der Waals surface area contributed by atoms with Crippen LogP contribution in [0.3, 0.4) is 0 Å². The Morgan fingerprint density at radius 2 is 1.80 bits per heavy atom. The summed E-state index contributed by atoms with van der Waals surface area (Å²) in [4.78, 5) is 59.5. The molecule has 2 amide bonds. The standard InChI is InChI=1S/C30H40N4O7/c1-21-8-9-25(31-19-21)34(28(38)24-7-6-18-41-24)23-10-15-32(16-11-23)17-14-30(12-4-3-5-13-30)27(29(39)40)33(22(2)35)20-26(36)37/h6-9,18-19,23,27H,3-5,10-17,20H2,1-2H3,(H,36,37)(H,39,40). The van der Waals surface area contributed by atoms with Crippen LogP contribution in [0.5, 0.6) is 0 Å². The predicted octanol–water partition coefficient (Wildman–Crippen LogP) is 3.82. The van der Waals surface area contributed by atoms with E-state index in [4.69, 9.17) is 4.42 Å². The molecular weight excluding hydrogens is 528 g/mol. The van der Waals surface area contributed by atoms with E-state index >= 15 is 0 Å². The lowest BCUT2D eigenvalue weighted by molar-refractivity contribution is -0.161. The fourth-order valence-electron chi connectivity index (χ4n) is 6.53. The number of pyridine rings is 1. The van der Waals surface area contributed by atoms with E-state index in [1.807, 2.05) is 19.1 Å². The Bertz CT molecular complexity index is 1200. The van der Waals surface area contributed by atoms with Crippen molar-refractivity contribution in [2.45, 2.75) is 77.3 Å². The van der Waals surface area contributed by atoms with Crippen molar-refractivity contribution < 1.29 is 33.8 Å². The number of likely N-dealkylation sites (tertiary alicyclic amines) is 1. The molecule has 1 aliphatic heterocycles. The first-order chi connectivity index (χ1) is 19.6. The van der Waals surface area contributed by atoms with Gasteiger partial charge >= 0.3 is 11.9 Å². The number of piperidine rings is 1. The molecule has 4 rings (SSSR count). The molecule has 0 bridgehead atoms. The molecule has 1 aliphatic carbocycles. The molecule has 11 heteroatoms. The van der Waals surface area contributed by atoms with E-state index in [2.05, 4.69) is 9.88 Å². The molecule has 41 heavy (non-hydrogen) atoms. The number of hydrogen-bond donors (Lipinski definition) is 2. The van der Waals surface area contributed by atoms with Crippen LogP contribution in [0.15, 0.2) is 41.1 Å². The van der Waals surface area contributed by atoms with Gasteiger partial charge in [0.15, 0.2) is 5.76 Å². The van der Waals surface area contributed by atoms with E-state index in [1.54, 1.807) is 23.2 Å². The molecule has 2 aliphatic rings. The summed E-state index contributed by atoms with van der Waals surface area (Å²) in [5, 5.41) is 19.7. The average Bonchev–Trinajstić information content (AvgIpc) is 3.49. The van der Waals surface area contributed by atoms with Crippen molar-refractivity contribution in [3.63, 3.8) is 0 Å². The van der Waals surface area contributed by atoms with Crippen LogP contribution < -0.4 is 4.90 Å². The fourth-order valence-corrected chi connectivity index (χ4v) is 6.53. The fraction of sp³-hybridized carbons (Fsp3) is 0.567. The third kappa shape index (κ3) is 7.13. The smallest absolute Gasteiger partial charge is 0.327 e. The lowest BCUT2D eigenvalue weighted by atomic mass is 9.66. The summed E-state index contributed by atoms with van der Waals surface area (Å²) in [6, 6.07) is 5.83. The summed E-state index contributed by atoms with van der Waals surface area (Å²) in [6.45, 7) is 4.59. The number of furan rings is 1. The number of aryl methyl sites for hydroxylation is 1. The molecule has 1 unspecified atom stereocenters. The number of carbonyl (C=O) groups excluding carboxylic acids is 2. The highest BCUT2D eigenvalue weighted by atomic mass is 16.4. The molecule has 1 atom stereocenters. The highest BCUT2D eigenvalue weighted by molar-refractivity contribution is 6.04. The molecule has 0 radical (unpaired) electrons. The van der Waals surface area contributed by atoms with Gasteiger partial charge in [-0.3, -0.25) is 19.3 Å². The Morgan fingerprint density at radius 1 is 1.10 bits per heavy atom. The number of amides is 2. The van der Waals surface area contributed by atoms with Gasteiger partial charge in [-0.15, -0.1) is 0 Å². The minimum Gasteiger partial charge on any atom is -0.480 e. The number of anilines is 1. The topological polar surface area (TPSA) is 144 Å². The number of carboxylic acid groups (broad SMARTS) is 2. The second-order valence-corrected chi connectivity index (χ2v) is 11.4. The van der Waals surface area contributed by atoms with Crippen LogP contribution in [0.4, 0.5) is 5.82 Å². The highest BCUT2D eigenvalue weighted by Gasteiger charge is 2.48. The summed E-state index contributed by atoms with van der Waals surface area (Å²) < 4.78 is 5.41. The van der Waals surface area contributed by atoms with Gasteiger partial charge in [0.25, 0.3) is 5.91 Å². The number of nitrogens with zero attached hydrogens (tertiary/aromatic N) is 4. The molecule has 2 N–H and O–H groups in total. The molecule has 11 nitrogen and oxygen atoms in total. The molecule has 0 spiro atoms. The molecule has 0 aromatic carbocycles. The normalized spacial score (nSPS) is 18.4. The van der Waals surface area contributed by atoms with Gasteiger partial charge in [-0.25, -0.2) is 9.78 Å². The summed E-state index contributed by atoms with van der Waals surface area (Å²) in [5.74, 6) is -2.33. The number of hydrogen-bond acceptors (Lipinski definition) is 7. The van der Waals surface area contributed by atoms with Gasteiger partial charge in [0.2, 0.25) is 5.91 Å². The van der Waals surface area contributed by atoms with Gasteiger partial charge in [-0.2, -0.15) is 0 Å². The van der Waals surface area contributed by atoms with Crippen molar-refractivity contribution in [3.8, 4) is 0 Å². The van der Waals surface area contributed by atoms with E-state index in [-0.39, 0.29) is 17.7 Å². The van der Waals surface area contributed by atoms with Gasteiger partial charge < -0.3 is 24.4 Å². The molecular formula is C30H40N4O7. The maximum Gasteiger partial charge on any atom is 0.327 e. The van der Waals surface area contributed by atoms with E-state index in [9.17, 15) is 29.4 Å². The molecule has 222 valence electrons. The molecule has 2 aromatic heterocycles. The van der Waals surface area contributed by atoms with Crippen LogP contribution in [0, 0.1) is 12.3 Å². The van der Waals surface area contributed by atoms with Crippen molar-refractivity contribution in [3.05, 3.63) is 48.0 Å². The average molecular weight is 569 g/mol. The third-order valence-electron chi connectivity index (χ3n) is 8.63. The maximum atomic E-state index is 13.4. The van der Waals surface area contributed by atoms with E-state index < -0.39 is 35.8 Å². The van der Waals surface area contributed by atoms with Crippen LogP contribution in [0.2, 0.25) is 0 Å². The zero-order valence-electron chi connectivity index (χ0n) is 23.8. The minimum absolute atomic E-state index is 0.0850. The highest BCUT2D eigenvalue weighted by Crippen LogP contribution is 2.45. The first-order valence-electron chi connectivity index (χ1n) is 14.4. The van der Waals surface area contributed by atoms with Gasteiger partial charge in [-0.1, -0.05) is 25.3 Å². The Labute approximate surface area is 240 Å². The summed E-state index contributed by atoms with van der Waals surface area (Å²) in [6.07, 6.45) is 9.12. The van der Waals surface area contributed by atoms with Gasteiger partial charge in [-0.05, 0) is 69.3 Å². The van der Waals surface area contributed by atoms with Crippen molar-refractivity contribution in [2.24, 2.45) is 5.41 Å². The molecule has 2 aromatic rings. The van der Waals surface area contributed by atoms with E-state index in [0.717, 1.165) is 29.7 Å². The van der Waals surface area contributed by atoms with Crippen molar-refractivity contribution in [2.75, 3.05) is 31.1 Å². The number of carbonyl (C=O) groups is 4. The van der Waals surface area contributed by atoms with Crippen LogP contribution in [0.1, 0.15) is 74.4 Å². The Morgan fingerprint density at radius 3 is 2.34 bits per heavy atom. The second kappa shape index (κ2) is 13.3. The number of aliphatic carboxylic acids is 2. The minimum atomic E-state index is -1.23. The quantitative estimate of drug-likeness (QED) is 0.413. The summed E-state index contributed by atoms with van der Waals surface area (Å²) in [7, 11) is 0. The second-order valence-electron chi connectivity index (χ2n) is 11.4. The van der Waals surface area contributed by atoms with Crippen LogP contribution in [0.25, 0.3) is 0 Å². The largest absolute Gasteiger partial charge is 0.480 e. The molecule has 1 saturated carbocycles. The Balaban J connectivity index is 1.48. The van der Waals surface area contributed by atoms with Crippen molar-refractivity contribution in [1.82, 2.24) is 14.8 Å². The van der Waals surface area contributed by atoms with Gasteiger partial charge in [0.1, 0.15) is 18.4 Å². The Hall–Kier alpha value is -3.73. The summed E-state index contributed by atoms with van der Waals surface area (Å²) in [5.41, 5.74) is 0.298. The third-order valence-corrected chi connectivity index (χ3v) is 8.63. The summed E-state index contributed by atoms with van der Waals surface area (Å²) >= 11 is 0. The first-order valence-corrected chi connectivity index (χ1v) is 14.4. The van der Waals surface area contributed by atoms with Gasteiger partial charge in [0.05, 0.1) is 6.26 Å². The molecule has 1 saturated heterocycles. The monoisotopic (exact) mass is 568 g/mol. The van der Waals surface area contributed by atoms with Crippen LogP contribution in [-0.4, -0.2) is 87.0 Å². The zero-order chi connectivity index (χ0) is 29.6. The van der Waals surface area contributed by atoms with Crippen molar-refractivity contribution >= 4 is 29.6 Å². The predicted molar refractivity (Wildman–Crippen MR) is 151 cm³/mol. The number of aromatic nitrogens is 1. The van der Waals surface area contributed by atoms with Crippen LogP contribution >= 0.6 is 0 Å².